The number of hydrogen-bond acceptors (Lipinski definition) is 7. The average molecular weight is 597 g/mol. The van der Waals surface area contributed by atoms with E-state index in [4.69, 9.17) is 27.0 Å². The van der Waals surface area contributed by atoms with Crippen LogP contribution in [0.2, 0.25) is 5.02 Å². The van der Waals surface area contributed by atoms with E-state index in [0.717, 1.165) is 24.1 Å². The number of carbonyl (C=O) groups is 1. The summed E-state index contributed by atoms with van der Waals surface area (Å²) < 4.78 is 14.8. The zero-order valence-corrected chi connectivity index (χ0v) is 24.5. The van der Waals surface area contributed by atoms with Crippen LogP contribution in [0, 0.1) is 11.2 Å². The largest absolute Gasteiger partial charge is 0.341 e. The molecule has 3 N–H and O–H groups in total. The Labute approximate surface area is 254 Å². The highest BCUT2D eigenvalue weighted by molar-refractivity contribution is 6.31. The summed E-state index contributed by atoms with van der Waals surface area (Å²) in [7, 11) is 4.05. The number of carbonyl (C=O) groups excluding carboxylic acids is 1. The first-order valence-electron chi connectivity index (χ1n) is 13.9. The van der Waals surface area contributed by atoms with Crippen LogP contribution in [0.15, 0.2) is 77.9 Å². The number of guanidine groups is 1. The maximum atomic E-state index is 14.8. The van der Waals surface area contributed by atoms with E-state index in [-0.39, 0.29) is 24.2 Å². The highest BCUT2D eigenvalue weighted by atomic mass is 35.5. The monoisotopic (exact) mass is 596 g/mol. The Bertz CT molecular complexity index is 1740. The third-order valence-electron chi connectivity index (χ3n) is 7.74. The summed E-state index contributed by atoms with van der Waals surface area (Å²) in [5.74, 6) is -0.238. The Balaban J connectivity index is 1.19. The maximum absolute atomic E-state index is 14.8. The van der Waals surface area contributed by atoms with Crippen LogP contribution >= 0.6 is 11.6 Å². The summed E-state index contributed by atoms with van der Waals surface area (Å²) in [6, 6.07) is 19.2. The topological polar surface area (TPSA) is 110 Å². The highest BCUT2D eigenvalue weighted by Crippen LogP contribution is 2.34. The normalized spacial score (nSPS) is 15.8. The van der Waals surface area contributed by atoms with Gasteiger partial charge in [0.25, 0.3) is 5.91 Å². The Morgan fingerprint density at radius 2 is 1.86 bits per heavy atom. The van der Waals surface area contributed by atoms with Gasteiger partial charge >= 0.3 is 0 Å². The second-order valence-corrected chi connectivity index (χ2v) is 11.2. The second kappa shape index (κ2) is 11.9. The van der Waals surface area contributed by atoms with Gasteiger partial charge in [-0.05, 0) is 69.0 Å². The molecule has 1 atom stereocenters. The molecule has 6 rings (SSSR count). The number of aromatic nitrogens is 2. The molecule has 1 fully saturated rings. The van der Waals surface area contributed by atoms with Gasteiger partial charge in [0.15, 0.2) is 5.96 Å². The van der Waals surface area contributed by atoms with Crippen molar-refractivity contribution >= 4 is 40.8 Å². The van der Waals surface area contributed by atoms with E-state index in [1.165, 1.54) is 6.07 Å². The van der Waals surface area contributed by atoms with Crippen LogP contribution in [0.1, 0.15) is 33.5 Å². The van der Waals surface area contributed by atoms with Gasteiger partial charge in [-0.3, -0.25) is 20.5 Å². The van der Waals surface area contributed by atoms with Gasteiger partial charge in [-0.25, -0.2) is 14.4 Å². The Morgan fingerprint density at radius 1 is 1.07 bits per heavy atom. The first-order valence-corrected chi connectivity index (χ1v) is 14.3. The van der Waals surface area contributed by atoms with E-state index >= 15 is 0 Å². The summed E-state index contributed by atoms with van der Waals surface area (Å²) in [5, 5.41) is 14.7. The van der Waals surface area contributed by atoms with E-state index in [0.29, 0.717) is 57.3 Å². The van der Waals surface area contributed by atoms with Crippen molar-refractivity contribution in [2.45, 2.75) is 19.0 Å². The van der Waals surface area contributed by atoms with Gasteiger partial charge in [0, 0.05) is 63.9 Å². The van der Waals surface area contributed by atoms with Crippen molar-refractivity contribution in [2.24, 2.45) is 4.99 Å². The summed E-state index contributed by atoms with van der Waals surface area (Å²) in [6.07, 6.45) is 2.67. The number of likely N-dealkylation sites (tertiary alicyclic amines) is 1. The van der Waals surface area contributed by atoms with Gasteiger partial charge in [-0.2, -0.15) is 0 Å². The number of anilines is 2. The predicted octanol–water partition coefficient (Wildman–Crippen LogP) is 5.33. The van der Waals surface area contributed by atoms with E-state index in [9.17, 15) is 9.18 Å². The fraction of sp³-hybridized carbons (Fsp3) is 0.219. The molecule has 43 heavy (non-hydrogen) atoms. The number of aliphatic imine (C=N–C) groups is 1. The number of halogens is 2. The summed E-state index contributed by atoms with van der Waals surface area (Å²) in [5.41, 5.74) is 4.95. The smallest absolute Gasteiger partial charge is 0.257 e. The van der Waals surface area contributed by atoms with Crippen LogP contribution in [0.5, 0.6) is 0 Å². The van der Waals surface area contributed by atoms with Crippen molar-refractivity contribution in [3.63, 3.8) is 0 Å². The standard InChI is InChI=1S/C32H30ClFN8O/c1-41(2)23-13-14-42(18-23)31(35)40-30(43)19-7-10-22(11-8-19)38-32-37-17-20-16-36-29(25-5-3-4-6-27(25)34)26-15-21(33)9-12-24(26)28(20)39-32/h3-12,15,17,23H,13-14,16,18H2,1-2H3,(H2,35,40,43)(H,37,38,39). The Morgan fingerprint density at radius 3 is 2.60 bits per heavy atom. The first-order chi connectivity index (χ1) is 20.8. The molecule has 3 aromatic carbocycles. The highest BCUT2D eigenvalue weighted by Gasteiger charge is 2.27. The molecular formula is C32H30ClFN8O. The van der Waals surface area contributed by atoms with E-state index < -0.39 is 0 Å². The molecule has 218 valence electrons. The number of nitrogens with zero attached hydrogens (tertiary/aromatic N) is 5. The lowest BCUT2D eigenvalue weighted by Crippen LogP contribution is -2.43. The molecule has 3 heterocycles. The lowest BCUT2D eigenvalue weighted by molar-refractivity contribution is 0.0972. The van der Waals surface area contributed by atoms with Crippen LogP contribution in [0.25, 0.3) is 11.3 Å². The summed E-state index contributed by atoms with van der Waals surface area (Å²) >= 11 is 6.36. The fourth-order valence-electron chi connectivity index (χ4n) is 5.33. The molecule has 0 bridgehead atoms. The molecule has 11 heteroatoms. The van der Waals surface area contributed by atoms with E-state index in [1.54, 1.807) is 60.8 Å². The van der Waals surface area contributed by atoms with Crippen molar-refractivity contribution in [1.82, 2.24) is 25.1 Å². The molecule has 0 aliphatic carbocycles. The number of rotatable bonds is 5. The van der Waals surface area contributed by atoms with Crippen LogP contribution < -0.4 is 10.6 Å². The summed E-state index contributed by atoms with van der Waals surface area (Å²) in [6.45, 7) is 1.72. The van der Waals surface area contributed by atoms with Crippen LogP contribution in [0.4, 0.5) is 16.0 Å². The van der Waals surface area contributed by atoms with Crippen molar-refractivity contribution < 1.29 is 9.18 Å². The van der Waals surface area contributed by atoms with Crippen molar-refractivity contribution in [3.8, 4) is 11.3 Å². The zero-order valence-electron chi connectivity index (χ0n) is 23.7. The van der Waals surface area contributed by atoms with Gasteiger partial charge in [0.05, 0.1) is 18.0 Å². The number of likely N-dealkylation sites (N-methyl/N-ethyl adjacent to an activating group) is 1. The molecule has 0 spiro atoms. The SMILES string of the molecule is CN(C)C1CCN(C(=N)NC(=O)c2ccc(Nc3ncc4c(n3)-c3ccc(Cl)cc3C(c3ccccc3F)=NC4)cc2)C1. The van der Waals surface area contributed by atoms with Gasteiger partial charge in [-0.1, -0.05) is 29.8 Å². The minimum Gasteiger partial charge on any atom is -0.341 e. The number of hydrogen-bond donors (Lipinski definition) is 3. The Hall–Kier alpha value is -4.67. The molecule has 1 unspecified atom stereocenters. The Kier molecular flexibility index (Phi) is 7.88. The molecule has 0 radical (unpaired) electrons. The number of fused-ring (bicyclic) bond motifs is 3. The van der Waals surface area contributed by atoms with Crippen LogP contribution in [-0.4, -0.2) is 70.6 Å². The maximum Gasteiger partial charge on any atom is 0.257 e. The lowest BCUT2D eigenvalue weighted by atomic mass is 9.95. The van der Waals surface area contributed by atoms with Crippen molar-refractivity contribution in [3.05, 3.63) is 106 Å². The third kappa shape index (κ3) is 5.97. The fourth-order valence-corrected chi connectivity index (χ4v) is 5.50. The predicted molar refractivity (Wildman–Crippen MR) is 167 cm³/mol. The molecule has 4 aromatic rings. The minimum atomic E-state index is -0.366. The minimum absolute atomic E-state index is 0.110. The average Bonchev–Trinajstić information content (AvgIpc) is 3.45. The van der Waals surface area contributed by atoms with E-state index in [2.05, 4.69) is 20.5 Å². The molecule has 0 saturated carbocycles. The lowest BCUT2D eigenvalue weighted by Gasteiger charge is -2.22. The van der Waals surface area contributed by atoms with Crippen LogP contribution in [0.3, 0.4) is 0 Å². The first kappa shape index (κ1) is 28.4. The molecule has 2 aliphatic heterocycles. The van der Waals surface area contributed by atoms with Gasteiger partial charge in [0.1, 0.15) is 5.82 Å². The number of amides is 1. The molecule has 2 aliphatic rings. The third-order valence-corrected chi connectivity index (χ3v) is 7.97. The molecule has 1 saturated heterocycles. The number of benzene rings is 3. The van der Waals surface area contributed by atoms with Crippen molar-refractivity contribution in [1.29, 1.82) is 5.41 Å². The zero-order chi connectivity index (χ0) is 30.1. The van der Waals surface area contributed by atoms with Gasteiger partial charge in [0.2, 0.25) is 5.95 Å². The van der Waals surface area contributed by atoms with Gasteiger partial charge < -0.3 is 15.1 Å². The molecular weight excluding hydrogens is 567 g/mol. The number of nitrogens with one attached hydrogen (secondary N) is 3. The molecule has 1 amide bonds. The summed E-state index contributed by atoms with van der Waals surface area (Å²) in [4.78, 5) is 30.8. The quantitative estimate of drug-likeness (QED) is 0.212. The van der Waals surface area contributed by atoms with E-state index in [1.807, 2.05) is 25.1 Å². The second-order valence-electron chi connectivity index (χ2n) is 10.8. The van der Waals surface area contributed by atoms with Crippen LogP contribution in [-0.2, 0) is 6.54 Å². The molecule has 9 nitrogen and oxygen atoms in total. The van der Waals surface area contributed by atoms with Crippen molar-refractivity contribution in [2.75, 3.05) is 32.5 Å². The van der Waals surface area contributed by atoms with Gasteiger partial charge in [-0.15, -0.1) is 0 Å². The molecule has 1 aromatic heterocycles.